The van der Waals surface area contributed by atoms with Crippen molar-refractivity contribution in [3.63, 3.8) is 0 Å². The fraction of sp³-hybridized carbons (Fsp3) is 0.667. The van der Waals surface area contributed by atoms with Gasteiger partial charge >= 0.3 is 0 Å². The zero-order chi connectivity index (χ0) is 13.0. The van der Waals surface area contributed by atoms with Gasteiger partial charge in [0.15, 0.2) is 5.16 Å². The first kappa shape index (κ1) is 13.4. The highest BCUT2D eigenvalue weighted by atomic mass is 32.2. The van der Waals surface area contributed by atoms with Crippen LogP contribution in [-0.4, -0.2) is 47.8 Å². The summed E-state index contributed by atoms with van der Waals surface area (Å²) in [6.45, 7) is 3.32. The lowest BCUT2D eigenvalue weighted by atomic mass is 9.98. The van der Waals surface area contributed by atoms with Crippen LogP contribution in [0.15, 0.2) is 11.2 Å². The molecule has 6 heteroatoms. The smallest absolute Gasteiger partial charge is 0.191 e. The quantitative estimate of drug-likeness (QED) is 0.637. The second-order valence-electron chi connectivity index (χ2n) is 4.82. The molecule has 0 spiro atoms. The predicted octanol–water partition coefficient (Wildman–Crippen LogP) is 1.53. The van der Waals surface area contributed by atoms with E-state index in [4.69, 9.17) is 5.73 Å². The number of aromatic nitrogens is 2. The van der Waals surface area contributed by atoms with Gasteiger partial charge in [0, 0.05) is 19.2 Å². The number of rotatable bonds is 4. The molecule has 100 valence electrons. The first-order chi connectivity index (χ1) is 8.67. The molecular formula is C12H21N5S. The van der Waals surface area contributed by atoms with Gasteiger partial charge in [-0.05, 0) is 38.6 Å². The van der Waals surface area contributed by atoms with Crippen LogP contribution >= 0.6 is 11.8 Å². The lowest BCUT2D eigenvalue weighted by Gasteiger charge is -2.29. The maximum Gasteiger partial charge on any atom is 0.191 e. The molecule has 0 aliphatic carbocycles. The van der Waals surface area contributed by atoms with Crippen molar-refractivity contribution in [1.82, 2.24) is 14.9 Å². The zero-order valence-electron chi connectivity index (χ0n) is 11.0. The van der Waals surface area contributed by atoms with Crippen LogP contribution in [0, 0.1) is 5.92 Å². The molecule has 1 aromatic rings. The Morgan fingerprint density at radius 1 is 1.56 bits per heavy atom. The Bertz CT molecular complexity index is 398. The minimum absolute atomic E-state index is 0.526. The third-order valence-electron chi connectivity index (χ3n) is 3.20. The van der Waals surface area contributed by atoms with Crippen LogP contribution < -0.4 is 11.1 Å². The van der Waals surface area contributed by atoms with Gasteiger partial charge in [-0.3, -0.25) is 0 Å². The summed E-state index contributed by atoms with van der Waals surface area (Å²) in [5, 5.41) is 4.10. The van der Waals surface area contributed by atoms with E-state index in [1.54, 1.807) is 6.07 Å². The van der Waals surface area contributed by atoms with Gasteiger partial charge in [-0.2, -0.15) is 0 Å². The first-order valence-corrected chi connectivity index (χ1v) is 7.51. The molecule has 0 radical (unpaired) electrons. The lowest BCUT2D eigenvalue weighted by molar-refractivity contribution is 0.217. The summed E-state index contributed by atoms with van der Waals surface area (Å²) in [5.41, 5.74) is 5.75. The summed E-state index contributed by atoms with van der Waals surface area (Å²) in [5.74, 6) is 2.05. The highest BCUT2D eigenvalue weighted by Crippen LogP contribution is 2.18. The molecule has 1 aliphatic heterocycles. The first-order valence-electron chi connectivity index (χ1n) is 6.28. The van der Waals surface area contributed by atoms with Crippen molar-refractivity contribution >= 4 is 23.4 Å². The van der Waals surface area contributed by atoms with Gasteiger partial charge in [-0.25, -0.2) is 9.97 Å². The van der Waals surface area contributed by atoms with E-state index >= 15 is 0 Å². The Morgan fingerprint density at radius 2 is 2.39 bits per heavy atom. The van der Waals surface area contributed by atoms with Gasteiger partial charge in [0.25, 0.3) is 0 Å². The second-order valence-corrected chi connectivity index (χ2v) is 5.59. The summed E-state index contributed by atoms with van der Waals surface area (Å²) in [6, 6.07) is 1.80. The van der Waals surface area contributed by atoms with Gasteiger partial charge in [-0.1, -0.05) is 11.8 Å². The van der Waals surface area contributed by atoms with Crippen LogP contribution in [0.25, 0.3) is 0 Å². The molecule has 1 aromatic heterocycles. The van der Waals surface area contributed by atoms with E-state index < -0.39 is 0 Å². The fourth-order valence-corrected chi connectivity index (χ4v) is 2.70. The van der Waals surface area contributed by atoms with Gasteiger partial charge in [-0.15, -0.1) is 0 Å². The summed E-state index contributed by atoms with van der Waals surface area (Å²) in [7, 11) is 2.18. The Kier molecular flexibility index (Phi) is 4.66. The molecule has 2 heterocycles. The van der Waals surface area contributed by atoms with Crippen molar-refractivity contribution in [3.8, 4) is 0 Å². The van der Waals surface area contributed by atoms with Gasteiger partial charge in [0.05, 0.1) is 0 Å². The van der Waals surface area contributed by atoms with Crippen molar-refractivity contribution in [2.75, 3.05) is 44.0 Å². The van der Waals surface area contributed by atoms with Crippen molar-refractivity contribution in [2.45, 2.75) is 18.0 Å². The highest BCUT2D eigenvalue weighted by molar-refractivity contribution is 7.98. The lowest BCUT2D eigenvalue weighted by Crippen LogP contribution is -2.35. The van der Waals surface area contributed by atoms with Crippen molar-refractivity contribution in [1.29, 1.82) is 0 Å². The second kappa shape index (κ2) is 6.24. The normalized spacial score (nSPS) is 20.9. The number of nitrogens with one attached hydrogen (secondary N) is 1. The summed E-state index contributed by atoms with van der Waals surface area (Å²) in [4.78, 5) is 10.9. The maximum absolute atomic E-state index is 5.75. The fourth-order valence-electron chi connectivity index (χ4n) is 2.31. The molecule has 0 amide bonds. The molecular weight excluding hydrogens is 246 g/mol. The SMILES string of the molecule is CSc1nc(N)cc(NCC2CCCN(C)C2)n1. The molecule has 1 fully saturated rings. The largest absolute Gasteiger partial charge is 0.383 e. The molecule has 1 aliphatic rings. The standard InChI is InChI=1S/C12H21N5S/c1-17-5-3-4-9(8-17)7-14-11-6-10(13)15-12(16-11)18-2/h6,9H,3-5,7-8H2,1-2H3,(H3,13,14,15,16). The number of nitrogens with two attached hydrogens (primary N) is 1. The van der Waals surface area contributed by atoms with Crippen molar-refractivity contribution in [3.05, 3.63) is 6.07 Å². The van der Waals surface area contributed by atoms with Gasteiger partial charge in [0.2, 0.25) is 0 Å². The average molecular weight is 267 g/mol. The van der Waals surface area contributed by atoms with E-state index in [9.17, 15) is 0 Å². The van der Waals surface area contributed by atoms with Gasteiger partial charge < -0.3 is 16.0 Å². The van der Waals surface area contributed by atoms with E-state index in [-0.39, 0.29) is 0 Å². The molecule has 0 bridgehead atoms. The van der Waals surface area contributed by atoms with E-state index in [1.165, 1.54) is 31.1 Å². The van der Waals surface area contributed by atoms with E-state index in [0.717, 1.165) is 24.1 Å². The number of nitrogen functional groups attached to an aromatic ring is 1. The molecule has 1 saturated heterocycles. The number of thioether (sulfide) groups is 1. The Balaban J connectivity index is 1.91. The maximum atomic E-state index is 5.75. The summed E-state index contributed by atoms with van der Waals surface area (Å²) >= 11 is 1.51. The van der Waals surface area contributed by atoms with Crippen molar-refractivity contribution < 1.29 is 0 Å². The van der Waals surface area contributed by atoms with Crippen LogP contribution in [0.1, 0.15) is 12.8 Å². The number of hydrogen-bond acceptors (Lipinski definition) is 6. The number of nitrogens with zero attached hydrogens (tertiary/aromatic N) is 3. The minimum atomic E-state index is 0.526. The molecule has 1 atom stereocenters. The van der Waals surface area contributed by atoms with E-state index in [2.05, 4.69) is 27.2 Å². The van der Waals surface area contributed by atoms with Crippen molar-refractivity contribution in [2.24, 2.45) is 5.92 Å². The molecule has 0 aromatic carbocycles. The number of anilines is 2. The minimum Gasteiger partial charge on any atom is -0.383 e. The van der Waals surface area contributed by atoms with E-state index in [0.29, 0.717) is 11.7 Å². The zero-order valence-corrected chi connectivity index (χ0v) is 11.8. The predicted molar refractivity (Wildman–Crippen MR) is 76.9 cm³/mol. The molecule has 18 heavy (non-hydrogen) atoms. The molecule has 5 nitrogen and oxygen atoms in total. The van der Waals surface area contributed by atoms with Crippen LogP contribution in [-0.2, 0) is 0 Å². The highest BCUT2D eigenvalue weighted by Gasteiger charge is 2.16. The molecule has 0 saturated carbocycles. The van der Waals surface area contributed by atoms with Gasteiger partial charge in [0.1, 0.15) is 11.6 Å². The Hall–Kier alpha value is -1.01. The van der Waals surface area contributed by atoms with Crippen LogP contribution in [0.2, 0.25) is 0 Å². The number of likely N-dealkylation sites (tertiary alicyclic amines) is 1. The summed E-state index contributed by atoms with van der Waals surface area (Å²) in [6.07, 6.45) is 4.52. The van der Waals surface area contributed by atoms with Crippen LogP contribution in [0.4, 0.5) is 11.6 Å². The average Bonchev–Trinajstić information content (AvgIpc) is 2.36. The third kappa shape index (κ3) is 3.74. The third-order valence-corrected chi connectivity index (χ3v) is 3.75. The van der Waals surface area contributed by atoms with E-state index in [1.807, 2.05) is 6.26 Å². The molecule has 2 rings (SSSR count). The van der Waals surface area contributed by atoms with Crippen LogP contribution in [0.3, 0.4) is 0 Å². The Morgan fingerprint density at radius 3 is 3.11 bits per heavy atom. The topological polar surface area (TPSA) is 67.1 Å². The molecule has 3 N–H and O–H groups in total. The molecule has 1 unspecified atom stereocenters. The monoisotopic (exact) mass is 267 g/mol. The summed E-state index contributed by atoms with van der Waals surface area (Å²) < 4.78 is 0. The van der Waals surface area contributed by atoms with Crippen LogP contribution in [0.5, 0.6) is 0 Å². The number of piperidine rings is 1. The Labute approximate surface area is 113 Å². The number of hydrogen-bond donors (Lipinski definition) is 2.